The van der Waals surface area contributed by atoms with E-state index in [2.05, 4.69) is 12.6 Å². The topological polar surface area (TPSA) is 51.2 Å². The number of thiol groups is 1. The SMILES string of the molecule is CC(=O)C(S)C(C)C.CC(=O)SC(C(C)=O)C(C)C. The second kappa shape index (κ2) is 10.5. The number of carbonyl (C=O) groups is 3. The molecule has 0 N–H and O–H groups in total. The molecule has 0 aliphatic rings. The molecule has 0 bridgehead atoms. The summed E-state index contributed by atoms with van der Waals surface area (Å²) in [4.78, 5) is 32.1. The second-order valence-corrected chi connectivity index (χ2v) is 7.06. The minimum absolute atomic E-state index is 0.0129. The quantitative estimate of drug-likeness (QED) is 0.791. The Morgan fingerprint density at radius 2 is 1.26 bits per heavy atom. The number of hydrogen-bond donors (Lipinski definition) is 1. The van der Waals surface area contributed by atoms with Gasteiger partial charge in [-0.3, -0.25) is 14.4 Å². The van der Waals surface area contributed by atoms with Crippen LogP contribution in [0.3, 0.4) is 0 Å². The van der Waals surface area contributed by atoms with Crippen LogP contribution in [0.2, 0.25) is 0 Å². The summed E-state index contributed by atoms with van der Waals surface area (Å²) in [5, 5.41) is -0.221. The summed E-state index contributed by atoms with van der Waals surface area (Å²) in [5.41, 5.74) is 0. The average Bonchev–Trinajstić information content (AvgIpc) is 2.24. The maximum absolute atomic E-state index is 10.9. The van der Waals surface area contributed by atoms with Crippen molar-refractivity contribution in [1.82, 2.24) is 0 Å². The van der Waals surface area contributed by atoms with E-state index in [1.165, 1.54) is 13.8 Å². The van der Waals surface area contributed by atoms with Gasteiger partial charge in [0.15, 0.2) is 5.12 Å². The highest BCUT2D eigenvalue weighted by atomic mass is 32.2. The first-order valence-corrected chi connectivity index (χ1v) is 7.76. The third kappa shape index (κ3) is 11.3. The lowest BCUT2D eigenvalue weighted by Gasteiger charge is -2.14. The molecule has 3 nitrogen and oxygen atoms in total. The van der Waals surface area contributed by atoms with Crippen LogP contribution in [0.4, 0.5) is 0 Å². The van der Waals surface area contributed by atoms with Gasteiger partial charge in [-0.15, -0.1) is 0 Å². The lowest BCUT2D eigenvalue weighted by Crippen LogP contribution is -2.21. The molecule has 0 amide bonds. The van der Waals surface area contributed by atoms with Gasteiger partial charge >= 0.3 is 0 Å². The summed E-state index contributed by atoms with van der Waals surface area (Å²) in [5.74, 6) is 0.834. The van der Waals surface area contributed by atoms with Crippen LogP contribution in [-0.4, -0.2) is 27.2 Å². The van der Waals surface area contributed by atoms with Gasteiger partial charge in [-0.2, -0.15) is 12.6 Å². The van der Waals surface area contributed by atoms with Crippen LogP contribution in [0, 0.1) is 11.8 Å². The third-order valence-electron chi connectivity index (χ3n) is 2.35. The van der Waals surface area contributed by atoms with Crippen LogP contribution in [0.15, 0.2) is 0 Å². The van der Waals surface area contributed by atoms with Gasteiger partial charge in [0.2, 0.25) is 0 Å². The summed E-state index contributed by atoms with van der Waals surface area (Å²) in [6, 6.07) is 0. The molecular weight excluding hydrogens is 280 g/mol. The standard InChI is InChI=1S/C8H14O2S.C6H12OS/c1-5(2)8(6(3)9)11-7(4)10;1-4(2)6(8)5(3)7/h5,8H,1-4H3;4,6,8H,1-3H3. The Labute approximate surface area is 126 Å². The Morgan fingerprint density at radius 1 is 0.842 bits per heavy atom. The number of rotatable bonds is 5. The van der Waals surface area contributed by atoms with E-state index in [1.807, 2.05) is 27.7 Å². The fourth-order valence-electron chi connectivity index (χ4n) is 1.34. The van der Waals surface area contributed by atoms with Crippen molar-refractivity contribution in [2.75, 3.05) is 0 Å². The van der Waals surface area contributed by atoms with Crippen molar-refractivity contribution < 1.29 is 14.4 Å². The third-order valence-corrected chi connectivity index (χ3v) is 4.77. The molecule has 0 aliphatic heterocycles. The van der Waals surface area contributed by atoms with E-state index in [4.69, 9.17) is 0 Å². The monoisotopic (exact) mass is 306 g/mol. The Balaban J connectivity index is 0. The number of carbonyl (C=O) groups excluding carboxylic acids is 3. The lowest BCUT2D eigenvalue weighted by atomic mass is 10.1. The Hall–Kier alpha value is -0.290. The molecule has 0 radical (unpaired) electrons. The number of Topliss-reactive ketones (excluding diaryl/α,β-unsaturated/α-hetero) is 2. The van der Waals surface area contributed by atoms with E-state index < -0.39 is 0 Å². The van der Waals surface area contributed by atoms with Crippen molar-refractivity contribution in [3.05, 3.63) is 0 Å². The van der Waals surface area contributed by atoms with Crippen LogP contribution in [-0.2, 0) is 14.4 Å². The lowest BCUT2D eigenvalue weighted by molar-refractivity contribution is -0.118. The molecule has 5 heteroatoms. The maximum Gasteiger partial charge on any atom is 0.186 e. The summed E-state index contributed by atoms with van der Waals surface area (Å²) in [6.07, 6.45) is 0. The highest BCUT2D eigenvalue weighted by Gasteiger charge is 2.20. The van der Waals surface area contributed by atoms with Gasteiger partial charge in [-0.05, 0) is 25.7 Å². The zero-order valence-electron chi connectivity index (χ0n) is 12.9. The van der Waals surface area contributed by atoms with Crippen LogP contribution in [0.5, 0.6) is 0 Å². The van der Waals surface area contributed by atoms with Crippen molar-refractivity contribution in [2.45, 2.75) is 59.0 Å². The first-order chi connectivity index (χ1) is 8.50. The Morgan fingerprint density at radius 3 is 1.32 bits per heavy atom. The van der Waals surface area contributed by atoms with Crippen molar-refractivity contribution in [3.63, 3.8) is 0 Å². The van der Waals surface area contributed by atoms with Crippen LogP contribution in [0.1, 0.15) is 48.5 Å². The van der Waals surface area contributed by atoms with Crippen LogP contribution >= 0.6 is 24.4 Å². The van der Waals surface area contributed by atoms with Gasteiger partial charge in [0.1, 0.15) is 11.6 Å². The highest BCUT2D eigenvalue weighted by Crippen LogP contribution is 2.20. The van der Waals surface area contributed by atoms with Crippen molar-refractivity contribution >= 4 is 41.1 Å². The normalized spacial score (nSPS) is 13.6. The first kappa shape index (κ1) is 21.0. The second-order valence-electron chi connectivity index (χ2n) is 5.18. The summed E-state index contributed by atoms with van der Waals surface area (Å²) >= 11 is 5.20. The molecule has 19 heavy (non-hydrogen) atoms. The molecule has 0 saturated carbocycles. The molecule has 0 fully saturated rings. The largest absolute Gasteiger partial charge is 0.299 e. The molecular formula is C14H26O3S2. The Kier molecular flexibility index (Phi) is 11.6. The van der Waals surface area contributed by atoms with Crippen molar-refractivity contribution in [3.8, 4) is 0 Å². The fraction of sp³-hybridized carbons (Fsp3) is 0.786. The summed E-state index contributed by atoms with van der Waals surface area (Å²) < 4.78 is 0. The van der Waals surface area contributed by atoms with E-state index in [0.717, 1.165) is 11.8 Å². The maximum atomic E-state index is 10.9. The first-order valence-electron chi connectivity index (χ1n) is 6.36. The molecule has 0 aromatic carbocycles. The molecule has 0 rings (SSSR count). The zero-order chi connectivity index (χ0) is 15.7. The van der Waals surface area contributed by atoms with E-state index >= 15 is 0 Å². The fourth-order valence-corrected chi connectivity index (χ4v) is 2.13. The number of ketones is 2. The smallest absolute Gasteiger partial charge is 0.186 e. The van der Waals surface area contributed by atoms with E-state index in [0.29, 0.717) is 5.92 Å². The predicted octanol–water partition coefficient (Wildman–Crippen LogP) is 3.41. The molecule has 112 valence electrons. The van der Waals surface area contributed by atoms with Crippen molar-refractivity contribution in [2.24, 2.45) is 11.8 Å². The van der Waals surface area contributed by atoms with E-state index in [9.17, 15) is 14.4 Å². The van der Waals surface area contributed by atoms with Gasteiger partial charge in [-0.1, -0.05) is 39.5 Å². The summed E-state index contributed by atoms with van der Waals surface area (Å²) in [7, 11) is 0. The minimum atomic E-state index is -0.160. The molecule has 2 unspecified atom stereocenters. The van der Waals surface area contributed by atoms with Gasteiger partial charge in [0.05, 0.1) is 10.5 Å². The summed E-state index contributed by atoms with van der Waals surface area (Å²) in [6.45, 7) is 12.4. The van der Waals surface area contributed by atoms with E-state index in [1.54, 1.807) is 6.92 Å². The van der Waals surface area contributed by atoms with Crippen molar-refractivity contribution in [1.29, 1.82) is 0 Å². The minimum Gasteiger partial charge on any atom is -0.299 e. The van der Waals surface area contributed by atoms with Gasteiger partial charge in [0.25, 0.3) is 0 Å². The molecule has 0 saturated heterocycles. The molecule has 0 aliphatic carbocycles. The highest BCUT2D eigenvalue weighted by molar-refractivity contribution is 8.14. The van der Waals surface area contributed by atoms with Gasteiger partial charge in [-0.25, -0.2) is 0 Å². The molecule has 0 aromatic rings. The van der Waals surface area contributed by atoms with E-state index in [-0.39, 0.29) is 33.1 Å². The molecule has 2 atom stereocenters. The zero-order valence-corrected chi connectivity index (χ0v) is 14.6. The average molecular weight is 306 g/mol. The predicted molar refractivity (Wildman–Crippen MR) is 85.9 cm³/mol. The van der Waals surface area contributed by atoms with Gasteiger partial charge in [0, 0.05) is 6.92 Å². The number of thioether (sulfide) groups is 1. The van der Waals surface area contributed by atoms with Gasteiger partial charge < -0.3 is 0 Å². The molecule has 0 heterocycles. The van der Waals surface area contributed by atoms with Crippen LogP contribution in [0.25, 0.3) is 0 Å². The molecule has 0 aromatic heterocycles. The van der Waals surface area contributed by atoms with Crippen LogP contribution < -0.4 is 0 Å². The Bertz CT molecular complexity index is 312. The number of hydrogen-bond acceptors (Lipinski definition) is 5. The molecule has 0 spiro atoms.